The molecule has 0 aromatic rings. The van der Waals surface area contributed by atoms with Gasteiger partial charge in [-0.1, -0.05) is 13.8 Å². The highest BCUT2D eigenvalue weighted by Crippen LogP contribution is 2.67. The molecule has 3 heteroatoms. The number of aliphatic imine (C=N–C) groups is 1. The standard InChI is InChI=1S/C20H31NO2/c1-18-9-8-16-14(15(18)4-5-17(18)23)7-11-20(21-3)12-13(22)6-10-19(16,20)2/h14-17,23H,3-12H2,1-2H3/t14-,15-,16-,17-,18-,19+,20+/m0/s1. The number of hydrogen-bond acceptors (Lipinski definition) is 3. The van der Waals surface area contributed by atoms with E-state index in [0.717, 1.165) is 32.1 Å². The van der Waals surface area contributed by atoms with Gasteiger partial charge in [0.1, 0.15) is 5.78 Å². The Morgan fingerprint density at radius 2 is 1.87 bits per heavy atom. The van der Waals surface area contributed by atoms with Gasteiger partial charge < -0.3 is 5.11 Å². The summed E-state index contributed by atoms with van der Waals surface area (Å²) in [6.07, 6.45) is 8.88. The highest BCUT2D eigenvalue weighted by atomic mass is 16.3. The van der Waals surface area contributed by atoms with E-state index in [1.807, 2.05) is 0 Å². The number of ketones is 1. The lowest BCUT2D eigenvalue weighted by molar-refractivity contribution is -0.146. The van der Waals surface area contributed by atoms with E-state index in [1.165, 1.54) is 19.3 Å². The Bertz CT molecular complexity index is 546. The number of aliphatic hydroxyl groups is 1. The van der Waals surface area contributed by atoms with E-state index in [9.17, 15) is 9.90 Å². The molecule has 7 atom stereocenters. The molecule has 128 valence electrons. The Morgan fingerprint density at radius 3 is 2.61 bits per heavy atom. The van der Waals surface area contributed by atoms with Crippen molar-refractivity contribution in [2.45, 2.75) is 83.3 Å². The number of fused-ring (bicyclic) bond motifs is 5. The molecule has 4 saturated carbocycles. The van der Waals surface area contributed by atoms with Gasteiger partial charge in [-0.25, -0.2) is 0 Å². The third-order valence-corrected chi connectivity index (χ3v) is 8.88. The number of nitrogens with zero attached hydrogens (tertiary/aromatic N) is 1. The molecule has 0 aromatic heterocycles. The van der Waals surface area contributed by atoms with Gasteiger partial charge in [0.15, 0.2) is 0 Å². The fourth-order valence-electron chi connectivity index (χ4n) is 7.33. The van der Waals surface area contributed by atoms with E-state index in [2.05, 4.69) is 25.6 Å². The minimum atomic E-state index is -0.214. The van der Waals surface area contributed by atoms with Gasteiger partial charge in [-0.05, 0) is 80.2 Å². The van der Waals surface area contributed by atoms with Crippen molar-refractivity contribution < 1.29 is 9.90 Å². The Labute approximate surface area is 140 Å². The molecule has 4 rings (SSSR count). The van der Waals surface area contributed by atoms with Crippen LogP contribution in [0.2, 0.25) is 0 Å². The monoisotopic (exact) mass is 317 g/mol. The summed E-state index contributed by atoms with van der Waals surface area (Å²) in [6.45, 7) is 8.65. The molecule has 0 aliphatic heterocycles. The average molecular weight is 317 g/mol. The molecule has 0 amide bonds. The van der Waals surface area contributed by atoms with Crippen LogP contribution >= 0.6 is 0 Å². The van der Waals surface area contributed by atoms with Crippen LogP contribution in [0, 0.1) is 28.6 Å². The predicted octanol–water partition coefficient (Wildman–Crippen LogP) is 3.78. The largest absolute Gasteiger partial charge is 0.393 e. The van der Waals surface area contributed by atoms with Crippen LogP contribution in [0.15, 0.2) is 4.99 Å². The Balaban J connectivity index is 1.71. The van der Waals surface area contributed by atoms with Crippen molar-refractivity contribution in [1.29, 1.82) is 0 Å². The molecular formula is C20H31NO2. The zero-order valence-electron chi connectivity index (χ0n) is 14.7. The maximum Gasteiger partial charge on any atom is 0.135 e. The zero-order valence-corrected chi connectivity index (χ0v) is 14.7. The first-order valence-electron chi connectivity index (χ1n) is 9.54. The van der Waals surface area contributed by atoms with Crippen LogP contribution < -0.4 is 0 Å². The van der Waals surface area contributed by atoms with E-state index < -0.39 is 0 Å². The first-order valence-corrected chi connectivity index (χ1v) is 9.54. The third-order valence-electron chi connectivity index (χ3n) is 8.88. The number of Topliss-reactive ketones (excluding diaryl/α,β-unsaturated/α-hetero) is 1. The van der Waals surface area contributed by atoms with Gasteiger partial charge in [0, 0.05) is 12.8 Å². The van der Waals surface area contributed by atoms with Crippen LogP contribution in [0.4, 0.5) is 0 Å². The summed E-state index contributed by atoms with van der Waals surface area (Å²) in [5.41, 5.74) is 0.0402. The second-order valence-electron chi connectivity index (χ2n) is 9.38. The quantitative estimate of drug-likeness (QED) is 0.748. The van der Waals surface area contributed by atoms with Gasteiger partial charge >= 0.3 is 0 Å². The first kappa shape index (κ1) is 15.8. The van der Waals surface area contributed by atoms with Gasteiger partial charge in [-0.15, -0.1) is 0 Å². The fourth-order valence-corrected chi connectivity index (χ4v) is 7.33. The lowest BCUT2D eigenvalue weighted by Gasteiger charge is -2.63. The summed E-state index contributed by atoms with van der Waals surface area (Å²) in [6, 6.07) is 0. The summed E-state index contributed by atoms with van der Waals surface area (Å²) in [5.74, 6) is 2.40. The van der Waals surface area contributed by atoms with E-state index in [1.54, 1.807) is 0 Å². The summed E-state index contributed by atoms with van der Waals surface area (Å²) in [7, 11) is 0. The number of carbonyl (C=O) groups excluding carboxylic acids is 1. The van der Waals surface area contributed by atoms with Crippen molar-refractivity contribution in [3.05, 3.63) is 0 Å². The van der Waals surface area contributed by atoms with Crippen molar-refractivity contribution in [3.8, 4) is 0 Å². The number of rotatable bonds is 1. The molecule has 0 heterocycles. The summed E-state index contributed by atoms with van der Waals surface area (Å²) < 4.78 is 0. The molecule has 4 fully saturated rings. The summed E-state index contributed by atoms with van der Waals surface area (Å²) in [4.78, 5) is 16.8. The first-order chi connectivity index (χ1) is 10.9. The van der Waals surface area contributed by atoms with E-state index in [4.69, 9.17) is 0 Å². The Kier molecular flexibility index (Phi) is 3.37. The van der Waals surface area contributed by atoms with Gasteiger partial charge in [-0.2, -0.15) is 0 Å². The molecular weight excluding hydrogens is 286 g/mol. The van der Waals surface area contributed by atoms with E-state index in [0.29, 0.717) is 30.0 Å². The predicted molar refractivity (Wildman–Crippen MR) is 91.5 cm³/mol. The maximum absolute atomic E-state index is 12.1. The molecule has 0 spiro atoms. The molecule has 0 radical (unpaired) electrons. The van der Waals surface area contributed by atoms with Crippen LogP contribution in [-0.4, -0.2) is 29.3 Å². The van der Waals surface area contributed by atoms with E-state index >= 15 is 0 Å². The average Bonchev–Trinajstić information content (AvgIpc) is 2.84. The van der Waals surface area contributed by atoms with Crippen LogP contribution in [0.5, 0.6) is 0 Å². The smallest absolute Gasteiger partial charge is 0.135 e. The van der Waals surface area contributed by atoms with Crippen LogP contribution in [0.1, 0.15) is 71.6 Å². The molecule has 4 aliphatic rings. The SMILES string of the molecule is C=N[C@@]12CC[C@H]3[C@@H]4CC[C@H](O)[C@@]4(C)CC[C@@H]3[C@@]1(C)CCC(=O)C2. The second kappa shape index (κ2) is 4.91. The highest BCUT2D eigenvalue weighted by molar-refractivity contribution is 5.81. The van der Waals surface area contributed by atoms with Crippen molar-refractivity contribution in [1.82, 2.24) is 0 Å². The molecule has 4 aliphatic carbocycles. The fraction of sp³-hybridized carbons (Fsp3) is 0.900. The summed E-state index contributed by atoms with van der Waals surface area (Å²) in [5, 5.41) is 10.5. The number of aliphatic hydroxyl groups excluding tert-OH is 1. The van der Waals surface area contributed by atoms with Crippen molar-refractivity contribution in [2.75, 3.05) is 0 Å². The normalized spacial score (nSPS) is 55.7. The molecule has 0 aromatic carbocycles. The highest BCUT2D eigenvalue weighted by Gasteiger charge is 2.64. The maximum atomic E-state index is 12.1. The van der Waals surface area contributed by atoms with Crippen LogP contribution in [0.25, 0.3) is 0 Å². The van der Waals surface area contributed by atoms with Gasteiger partial charge in [-0.3, -0.25) is 9.79 Å². The lowest BCUT2D eigenvalue weighted by Crippen LogP contribution is -2.61. The van der Waals surface area contributed by atoms with Crippen LogP contribution in [0.3, 0.4) is 0 Å². The molecule has 3 nitrogen and oxygen atoms in total. The number of hydrogen-bond donors (Lipinski definition) is 1. The summed E-state index contributed by atoms with van der Waals surface area (Å²) >= 11 is 0. The van der Waals surface area contributed by atoms with Gasteiger partial charge in [0.25, 0.3) is 0 Å². The van der Waals surface area contributed by atoms with Crippen molar-refractivity contribution >= 4 is 12.5 Å². The molecule has 0 bridgehead atoms. The molecule has 0 saturated heterocycles. The zero-order chi connectivity index (χ0) is 16.5. The molecule has 1 N–H and O–H groups in total. The second-order valence-corrected chi connectivity index (χ2v) is 9.38. The van der Waals surface area contributed by atoms with Crippen LogP contribution in [-0.2, 0) is 4.79 Å². The lowest BCUT2D eigenvalue weighted by atomic mass is 9.43. The van der Waals surface area contributed by atoms with Gasteiger partial charge in [0.2, 0.25) is 0 Å². The van der Waals surface area contributed by atoms with Crippen molar-refractivity contribution in [2.24, 2.45) is 33.6 Å². The molecule has 0 unspecified atom stereocenters. The van der Waals surface area contributed by atoms with E-state index in [-0.39, 0.29) is 22.5 Å². The minimum Gasteiger partial charge on any atom is -0.393 e. The third kappa shape index (κ3) is 1.86. The van der Waals surface area contributed by atoms with Gasteiger partial charge in [0.05, 0.1) is 11.6 Å². The topological polar surface area (TPSA) is 49.7 Å². The number of carbonyl (C=O) groups is 1. The molecule has 23 heavy (non-hydrogen) atoms. The minimum absolute atomic E-state index is 0.113. The Hall–Kier alpha value is -0.700. The van der Waals surface area contributed by atoms with Crippen molar-refractivity contribution in [3.63, 3.8) is 0 Å². The Morgan fingerprint density at radius 1 is 1.09 bits per heavy atom.